The van der Waals surface area contributed by atoms with E-state index in [1.54, 1.807) is 30.5 Å². The number of nitriles is 1. The van der Waals surface area contributed by atoms with E-state index in [4.69, 9.17) is 21.1 Å². The molecule has 0 atom stereocenters. The largest absolute Gasteiger partial charge is 0.489 e. The summed E-state index contributed by atoms with van der Waals surface area (Å²) in [5, 5.41) is 9.87. The molecule has 0 radical (unpaired) electrons. The molecule has 1 fully saturated rings. The highest BCUT2D eigenvalue weighted by Crippen LogP contribution is 2.34. The van der Waals surface area contributed by atoms with Gasteiger partial charge in [-0.2, -0.15) is 5.26 Å². The van der Waals surface area contributed by atoms with Gasteiger partial charge < -0.3 is 14.0 Å². The van der Waals surface area contributed by atoms with Gasteiger partial charge in [0, 0.05) is 17.8 Å². The number of halogens is 1. The minimum Gasteiger partial charge on any atom is -0.489 e. The highest BCUT2D eigenvalue weighted by molar-refractivity contribution is 6.32. The number of aromatic nitrogens is 1. The highest BCUT2D eigenvalue weighted by Gasteiger charge is 2.27. The maximum absolute atomic E-state index is 13.3. The van der Waals surface area contributed by atoms with Gasteiger partial charge in [-0.15, -0.1) is 0 Å². The topological polar surface area (TPSA) is 81.3 Å². The zero-order chi connectivity index (χ0) is 22.7. The molecule has 7 heteroatoms. The van der Waals surface area contributed by atoms with Crippen LogP contribution in [0.3, 0.4) is 0 Å². The van der Waals surface area contributed by atoms with E-state index in [1.807, 2.05) is 31.2 Å². The van der Waals surface area contributed by atoms with Crippen molar-refractivity contribution in [2.45, 2.75) is 25.8 Å². The second-order valence-electron chi connectivity index (χ2n) is 7.65. The molecule has 4 rings (SSSR count). The van der Waals surface area contributed by atoms with E-state index in [2.05, 4.69) is 0 Å². The van der Waals surface area contributed by atoms with Crippen molar-refractivity contribution >= 4 is 17.4 Å². The van der Waals surface area contributed by atoms with E-state index in [1.165, 1.54) is 10.6 Å². The molecule has 0 unspecified atom stereocenters. The monoisotopic (exact) mass is 448 g/mol. The zero-order valence-electron chi connectivity index (χ0n) is 17.5. The summed E-state index contributed by atoms with van der Waals surface area (Å²) in [7, 11) is 0. The van der Waals surface area contributed by atoms with Crippen LogP contribution in [0.1, 0.15) is 45.9 Å². The lowest BCUT2D eigenvalue weighted by Crippen LogP contribution is -2.23. The molecule has 3 aromatic rings. The molecule has 1 heterocycles. The third kappa shape index (κ3) is 4.68. The Labute approximate surface area is 190 Å². The van der Waals surface area contributed by atoms with E-state index in [0.717, 1.165) is 18.4 Å². The molecule has 1 aromatic heterocycles. The molecule has 6 nitrogen and oxygen atoms in total. The third-order valence-electron chi connectivity index (χ3n) is 5.18. The van der Waals surface area contributed by atoms with Crippen molar-refractivity contribution in [1.82, 2.24) is 4.57 Å². The second-order valence-corrected chi connectivity index (χ2v) is 8.06. The predicted octanol–water partition coefficient (Wildman–Crippen LogP) is 4.71. The van der Waals surface area contributed by atoms with Gasteiger partial charge in [0.15, 0.2) is 5.78 Å². The summed E-state index contributed by atoms with van der Waals surface area (Å²) in [6, 6.07) is 15.8. The molecular weight excluding hydrogens is 428 g/mol. The highest BCUT2D eigenvalue weighted by atomic mass is 35.5. The molecule has 0 spiro atoms. The Morgan fingerprint density at radius 1 is 1.12 bits per heavy atom. The molecule has 162 valence electrons. The van der Waals surface area contributed by atoms with E-state index < -0.39 is 0 Å². The standard InChI is InChI=1S/C25H21ClN2O4/c1-16-6-9-22(31-10-11-32-23-5-3-2-4-21(23)26)20(12-16)24(29)18-13-17(14-27)25(30)28(15-18)19-7-8-19/h2-6,9,12-13,15,19H,7-8,10-11H2,1H3. The van der Waals surface area contributed by atoms with Gasteiger partial charge in [0.2, 0.25) is 0 Å². The first-order valence-electron chi connectivity index (χ1n) is 10.3. The lowest BCUT2D eigenvalue weighted by Gasteiger charge is -2.14. The number of rotatable bonds is 8. The predicted molar refractivity (Wildman–Crippen MR) is 121 cm³/mol. The molecule has 1 saturated carbocycles. The van der Waals surface area contributed by atoms with Crippen molar-refractivity contribution in [3.8, 4) is 17.6 Å². The quantitative estimate of drug-likeness (QED) is 0.368. The van der Waals surface area contributed by atoms with E-state index in [-0.39, 0.29) is 41.7 Å². The minimum atomic E-state index is -0.357. The van der Waals surface area contributed by atoms with Gasteiger partial charge in [-0.1, -0.05) is 35.4 Å². The maximum Gasteiger partial charge on any atom is 0.268 e. The zero-order valence-corrected chi connectivity index (χ0v) is 18.3. The smallest absolute Gasteiger partial charge is 0.268 e. The molecule has 0 amide bonds. The molecule has 0 saturated heterocycles. The van der Waals surface area contributed by atoms with Crippen molar-refractivity contribution in [2.24, 2.45) is 0 Å². The molecule has 2 aromatic carbocycles. The van der Waals surface area contributed by atoms with Crippen molar-refractivity contribution in [2.75, 3.05) is 13.2 Å². The second kappa shape index (κ2) is 9.29. The van der Waals surface area contributed by atoms with Crippen molar-refractivity contribution < 1.29 is 14.3 Å². The number of ketones is 1. The number of hydrogen-bond acceptors (Lipinski definition) is 5. The number of benzene rings is 2. The fourth-order valence-electron chi connectivity index (χ4n) is 3.40. The molecule has 1 aliphatic carbocycles. The molecule has 32 heavy (non-hydrogen) atoms. The van der Waals surface area contributed by atoms with Crippen LogP contribution in [0, 0.1) is 18.3 Å². The van der Waals surface area contributed by atoms with Crippen LogP contribution in [0.5, 0.6) is 11.5 Å². The molecule has 1 aliphatic rings. The van der Waals surface area contributed by atoms with Crippen LogP contribution >= 0.6 is 11.6 Å². The summed E-state index contributed by atoms with van der Waals surface area (Å²) in [4.78, 5) is 25.7. The number of pyridine rings is 1. The summed E-state index contributed by atoms with van der Waals surface area (Å²) in [5.41, 5.74) is 1.16. The Hall–Kier alpha value is -3.56. The fourth-order valence-corrected chi connectivity index (χ4v) is 3.59. The first-order chi connectivity index (χ1) is 15.5. The van der Waals surface area contributed by atoms with Gasteiger partial charge in [-0.3, -0.25) is 9.59 Å². The average molecular weight is 449 g/mol. The first kappa shape index (κ1) is 21.7. The van der Waals surface area contributed by atoms with Crippen LogP contribution < -0.4 is 15.0 Å². The van der Waals surface area contributed by atoms with Gasteiger partial charge in [0.1, 0.15) is 36.3 Å². The van der Waals surface area contributed by atoms with E-state index in [0.29, 0.717) is 22.1 Å². The Morgan fingerprint density at radius 2 is 1.84 bits per heavy atom. The van der Waals surface area contributed by atoms with E-state index in [9.17, 15) is 14.9 Å². The summed E-state index contributed by atoms with van der Waals surface area (Å²) in [6.07, 6.45) is 3.29. The number of hydrogen-bond donors (Lipinski definition) is 0. The number of para-hydroxylation sites is 1. The summed E-state index contributed by atoms with van der Waals surface area (Å²) >= 11 is 6.09. The van der Waals surface area contributed by atoms with Crippen LogP contribution in [0.2, 0.25) is 5.02 Å². The van der Waals surface area contributed by atoms with Gasteiger partial charge in [-0.05, 0) is 50.1 Å². The number of ether oxygens (including phenoxy) is 2. The molecule has 0 bridgehead atoms. The van der Waals surface area contributed by atoms with Gasteiger partial charge >= 0.3 is 0 Å². The number of carbonyl (C=O) groups is 1. The van der Waals surface area contributed by atoms with Crippen molar-refractivity contribution in [1.29, 1.82) is 5.26 Å². The molecule has 0 aliphatic heterocycles. The van der Waals surface area contributed by atoms with Gasteiger partial charge in [-0.25, -0.2) is 0 Å². The number of aryl methyl sites for hydroxylation is 1. The van der Waals surface area contributed by atoms with Crippen LogP contribution in [0.25, 0.3) is 0 Å². The van der Waals surface area contributed by atoms with Gasteiger partial charge in [0.25, 0.3) is 5.56 Å². The normalized spacial score (nSPS) is 12.8. The molecule has 0 N–H and O–H groups in total. The summed E-state index contributed by atoms with van der Waals surface area (Å²) < 4.78 is 13.0. The first-order valence-corrected chi connectivity index (χ1v) is 10.7. The van der Waals surface area contributed by atoms with Crippen LogP contribution in [0.4, 0.5) is 0 Å². The lowest BCUT2D eigenvalue weighted by molar-refractivity contribution is 0.103. The Bertz CT molecular complexity index is 1270. The van der Waals surface area contributed by atoms with E-state index >= 15 is 0 Å². The SMILES string of the molecule is Cc1ccc(OCCOc2ccccc2Cl)c(C(=O)c2cc(C#N)c(=O)n(C3CC3)c2)c1. The summed E-state index contributed by atoms with van der Waals surface area (Å²) in [6.45, 7) is 2.34. The van der Waals surface area contributed by atoms with Gasteiger partial charge in [0.05, 0.1) is 10.6 Å². The van der Waals surface area contributed by atoms with Crippen LogP contribution in [-0.4, -0.2) is 23.6 Å². The Kier molecular flexibility index (Phi) is 6.29. The van der Waals surface area contributed by atoms with Crippen molar-refractivity contribution in [3.63, 3.8) is 0 Å². The summed E-state index contributed by atoms with van der Waals surface area (Å²) in [5.74, 6) is 0.664. The third-order valence-corrected chi connectivity index (χ3v) is 5.49. The lowest BCUT2D eigenvalue weighted by atomic mass is 10.0. The maximum atomic E-state index is 13.3. The van der Waals surface area contributed by atoms with Crippen LogP contribution in [-0.2, 0) is 0 Å². The Balaban J connectivity index is 1.55. The Morgan fingerprint density at radius 3 is 2.53 bits per heavy atom. The minimum absolute atomic E-state index is 0.0361. The van der Waals surface area contributed by atoms with Crippen LogP contribution in [0.15, 0.2) is 59.5 Å². The number of nitrogens with zero attached hydrogens (tertiary/aromatic N) is 2. The average Bonchev–Trinajstić information content (AvgIpc) is 3.63. The number of carbonyl (C=O) groups excluding carboxylic acids is 1. The fraction of sp³-hybridized carbons (Fsp3) is 0.240. The van der Waals surface area contributed by atoms with Crippen molar-refractivity contribution in [3.05, 3.63) is 92.4 Å². The molecular formula is C25H21ClN2O4.